The summed E-state index contributed by atoms with van der Waals surface area (Å²) in [5.74, 6) is -0.450. The van der Waals surface area contributed by atoms with Gasteiger partial charge in [0.05, 0.1) is 17.9 Å². The summed E-state index contributed by atoms with van der Waals surface area (Å²) in [6, 6.07) is 19.1. The molecule has 2 N–H and O–H groups in total. The van der Waals surface area contributed by atoms with Crippen molar-refractivity contribution in [2.24, 2.45) is 0 Å². The van der Waals surface area contributed by atoms with E-state index in [-0.39, 0.29) is 17.5 Å². The Morgan fingerprint density at radius 3 is 2.39 bits per heavy atom. The predicted molar refractivity (Wildman–Crippen MR) is 183 cm³/mol. The molecule has 10 heteroatoms. The van der Waals surface area contributed by atoms with Crippen LogP contribution in [0.15, 0.2) is 71.7 Å². The SMILES string of the molecule is Cc1ccc(C(=O)NC2CC2)cc1-c1ccc2c(=O)n(Cc3ccc(C(=O)N[S+](C)[O-])cc3)cc(CN3CCCN(C)CC3)c2c1. The molecule has 0 bridgehead atoms. The van der Waals surface area contributed by atoms with Crippen molar-refractivity contribution in [3.8, 4) is 11.1 Å². The number of fused-ring (bicyclic) bond motifs is 1. The van der Waals surface area contributed by atoms with Crippen molar-refractivity contribution in [2.75, 3.05) is 39.5 Å². The lowest BCUT2D eigenvalue weighted by Crippen LogP contribution is -2.30. The summed E-state index contributed by atoms with van der Waals surface area (Å²) in [4.78, 5) is 43.9. The van der Waals surface area contributed by atoms with Gasteiger partial charge in [-0.1, -0.05) is 24.3 Å². The number of pyridine rings is 1. The summed E-state index contributed by atoms with van der Waals surface area (Å²) in [6.07, 6.45) is 6.55. The molecule has 4 aromatic rings. The van der Waals surface area contributed by atoms with Crippen LogP contribution in [0.1, 0.15) is 56.7 Å². The number of nitrogens with one attached hydrogen (secondary N) is 2. The fourth-order valence-corrected chi connectivity index (χ4v) is 6.47. The third-order valence-electron chi connectivity index (χ3n) is 8.90. The van der Waals surface area contributed by atoms with Crippen LogP contribution in [0.2, 0.25) is 0 Å². The number of rotatable bonds is 9. The highest BCUT2D eigenvalue weighted by atomic mass is 32.2. The molecule has 2 aliphatic rings. The van der Waals surface area contributed by atoms with Crippen LogP contribution in [-0.4, -0.2) is 76.3 Å². The van der Waals surface area contributed by atoms with Crippen molar-refractivity contribution in [3.05, 3.63) is 105 Å². The fourth-order valence-electron chi connectivity index (χ4n) is 6.10. The first kappa shape index (κ1) is 32.0. The molecule has 6 rings (SSSR count). The minimum Gasteiger partial charge on any atom is -0.593 e. The largest absolute Gasteiger partial charge is 0.593 e. The van der Waals surface area contributed by atoms with Crippen molar-refractivity contribution in [1.29, 1.82) is 0 Å². The first-order chi connectivity index (χ1) is 22.1. The summed E-state index contributed by atoms with van der Waals surface area (Å²) in [5.41, 5.74) is 5.94. The number of aromatic nitrogens is 1. The quantitative estimate of drug-likeness (QED) is 0.267. The highest BCUT2D eigenvalue weighted by Gasteiger charge is 2.24. The van der Waals surface area contributed by atoms with E-state index in [0.29, 0.717) is 29.6 Å². The number of aryl methyl sites for hydroxylation is 1. The molecule has 1 saturated heterocycles. The molecule has 1 unspecified atom stereocenters. The molecule has 1 atom stereocenters. The smallest absolute Gasteiger partial charge is 0.292 e. The maximum absolute atomic E-state index is 13.9. The number of hydrogen-bond acceptors (Lipinski definition) is 6. The van der Waals surface area contributed by atoms with Crippen LogP contribution in [-0.2, 0) is 24.5 Å². The van der Waals surface area contributed by atoms with Crippen LogP contribution in [0.25, 0.3) is 21.9 Å². The lowest BCUT2D eigenvalue weighted by Gasteiger charge is -2.22. The second kappa shape index (κ2) is 13.8. The van der Waals surface area contributed by atoms with E-state index >= 15 is 0 Å². The van der Waals surface area contributed by atoms with E-state index < -0.39 is 17.3 Å². The highest BCUT2D eigenvalue weighted by Crippen LogP contribution is 2.30. The monoisotopic (exact) mass is 639 g/mol. The van der Waals surface area contributed by atoms with Gasteiger partial charge in [0.15, 0.2) is 0 Å². The maximum Gasteiger partial charge on any atom is 0.292 e. The third-order valence-corrected chi connectivity index (χ3v) is 9.38. The molecule has 9 nitrogen and oxygen atoms in total. The van der Waals surface area contributed by atoms with E-state index in [2.05, 4.69) is 33.0 Å². The van der Waals surface area contributed by atoms with E-state index in [1.165, 1.54) is 6.26 Å². The highest BCUT2D eigenvalue weighted by molar-refractivity contribution is 7.89. The lowest BCUT2D eigenvalue weighted by atomic mass is 9.94. The standard InChI is InChI=1S/C36H41N5O4S/c1-24-5-8-28(34(42)37-30-12-13-30)20-32(24)27-11-14-31-33(19-27)29(22-40-16-4-15-39(2)17-18-40)23-41(36(31)44)21-25-6-9-26(10-7-25)35(43)38-46(3)45/h5-11,14,19-20,23,30H,4,12-13,15-18,21-22H2,1-3H3,(H,37,42)(H,38,43). The Bertz CT molecular complexity index is 1820. The number of benzene rings is 3. The number of hydrogen-bond donors (Lipinski definition) is 2. The van der Waals surface area contributed by atoms with Gasteiger partial charge < -0.3 is 19.3 Å². The molecule has 0 radical (unpaired) electrons. The predicted octanol–water partition coefficient (Wildman–Crippen LogP) is 4.08. The van der Waals surface area contributed by atoms with Gasteiger partial charge in [-0.05, 0) is 116 Å². The minimum atomic E-state index is -1.45. The average molecular weight is 640 g/mol. The van der Waals surface area contributed by atoms with Gasteiger partial charge >= 0.3 is 0 Å². The van der Waals surface area contributed by atoms with Gasteiger partial charge in [-0.3, -0.25) is 19.3 Å². The maximum atomic E-state index is 13.9. The van der Waals surface area contributed by atoms with E-state index in [9.17, 15) is 18.9 Å². The van der Waals surface area contributed by atoms with Crippen molar-refractivity contribution < 1.29 is 14.1 Å². The molecule has 0 spiro atoms. The zero-order chi connectivity index (χ0) is 32.4. The molecule has 1 aliphatic carbocycles. The summed E-state index contributed by atoms with van der Waals surface area (Å²) in [7, 11) is 2.16. The molecule has 46 heavy (non-hydrogen) atoms. The fraction of sp³-hybridized carbons (Fsp3) is 0.361. The second-order valence-corrected chi connectivity index (χ2v) is 13.8. The van der Waals surface area contributed by atoms with E-state index in [0.717, 1.165) is 78.6 Å². The Morgan fingerprint density at radius 1 is 0.891 bits per heavy atom. The molecular formula is C36H41N5O4S. The van der Waals surface area contributed by atoms with Gasteiger partial charge in [0.1, 0.15) is 6.26 Å². The topological polar surface area (TPSA) is 110 Å². The normalized spacial score (nSPS) is 16.6. The van der Waals surface area contributed by atoms with Gasteiger partial charge in [-0.2, -0.15) is 4.72 Å². The van der Waals surface area contributed by atoms with Crippen LogP contribution < -0.4 is 15.6 Å². The minimum absolute atomic E-state index is 0.0479. The molecule has 240 valence electrons. The third kappa shape index (κ3) is 7.53. The summed E-state index contributed by atoms with van der Waals surface area (Å²) in [6.45, 7) is 7.09. The molecule has 2 heterocycles. The Labute approximate surface area is 272 Å². The van der Waals surface area contributed by atoms with Gasteiger partial charge in [0.25, 0.3) is 17.4 Å². The second-order valence-electron chi connectivity index (χ2n) is 12.6. The number of carbonyl (C=O) groups is 2. The van der Waals surface area contributed by atoms with Crippen molar-refractivity contribution in [2.45, 2.75) is 45.3 Å². The average Bonchev–Trinajstić information content (AvgIpc) is 3.87. The molecule has 2 amide bonds. The van der Waals surface area contributed by atoms with Gasteiger partial charge in [0.2, 0.25) is 0 Å². The molecule has 1 saturated carbocycles. The van der Waals surface area contributed by atoms with Gasteiger partial charge in [0, 0.05) is 48.4 Å². The van der Waals surface area contributed by atoms with Crippen molar-refractivity contribution in [1.82, 2.24) is 24.4 Å². The Morgan fingerprint density at radius 2 is 1.65 bits per heavy atom. The van der Waals surface area contributed by atoms with Crippen molar-refractivity contribution >= 4 is 33.9 Å². The van der Waals surface area contributed by atoms with Crippen LogP contribution in [0, 0.1) is 6.92 Å². The Hall–Kier alpha value is -3.96. The zero-order valence-corrected chi connectivity index (χ0v) is 27.5. The lowest BCUT2D eigenvalue weighted by molar-refractivity contribution is 0.0949. The molecule has 1 aliphatic heterocycles. The van der Waals surface area contributed by atoms with Crippen LogP contribution in [0.4, 0.5) is 0 Å². The number of carbonyl (C=O) groups excluding carboxylic acids is 2. The van der Waals surface area contributed by atoms with E-state index in [1.54, 1.807) is 16.7 Å². The summed E-state index contributed by atoms with van der Waals surface area (Å²) >= 11 is -1.45. The summed E-state index contributed by atoms with van der Waals surface area (Å²) < 4.78 is 15.6. The van der Waals surface area contributed by atoms with E-state index in [4.69, 9.17) is 0 Å². The summed E-state index contributed by atoms with van der Waals surface area (Å²) in [5, 5.41) is 4.65. The Kier molecular flexibility index (Phi) is 9.60. The van der Waals surface area contributed by atoms with Crippen LogP contribution in [0.5, 0.6) is 0 Å². The molecule has 3 aromatic carbocycles. The number of nitrogens with zero attached hydrogens (tertiary/aromatic N) is 3. The van der Waals surface area contributed by atoms with Crippen molar-refractivity contribution in [3.63, 3.8) is 0 Å². The van der Waals surface area contributed by atoms with E-state index in [1.807, 2.05) is 55.6 Å². The van der Waals surface area contributed by atoms with Gasteiger partial charge in [-0.25, -0.2) is 0 Å². The Balaban J connectivity index is 1.37. The van der Waals surface area contributed by atoms with Gasteiger partial charge in [-0.15, -0.1) is 0 Å². The molecule has 2 fully saturated rings. The first-order valence-corrected chi connectivity index (χ1v) is 17.4. The zero-order valence-electron chi connectivity index (χ0n) is 26.7. The van der Waals surface area contributed by atoms with Crippen LogP contribution in [0.3, 0.4) is 0 Å². The number of amides is 2. The molecular weight excluding hydrogens is 598 g/mol. The number of likely N-dealkylation sites (N-methyl/N-ethyl adjacent to an activating group) is 1. The van der Waals surface area contributed by atoms with Crippen LogP contribution >= 0.6 is 0 Å². The first-order valence-electron chi connectivity index (χ1n) is 15.9. The molecule has 1 aromatic heterocycles.